The van der Waals surface area contributed by atoms with Crippen LogP contribution in [0.1, 0.15) is 106 Å². The molecule has 1 aromatic heterocycles. The first-order chi connectivity index (χ1) is 17.6. The van der Waals surface area contributed by atoms with E-state index in [1.165, 1.54) is 48.1 Å². The van der Waals surface area contributed by atoms with Gasteiger partial charge in [0, 0.05) is 42.9 Å². The van der Waals surface area contributed by atoms with Crippen LogP contribution < -0.4 is 5.32 Å². The quantitative estimate of drug-likeness (QED) is 0.560. The molecule has 3 atom stereocenters. The molecule has 2 unspecified atom stereocenters. The average molecular weight is 488 g/mol. The van der Waals surface area contributed by atoms with Gasteiger partial charge in [-0.25, -0.2) is 0 Å². The number of carbonyl (C=O) groups excluding carboxylic acids is 1. The lowest BCUT2D eigenvalue weighted by Gasteiger charge is -2.47. The molecule has 1 aromatic carbocycles. The van der Waals surface area contributed by atoms with E-state index in [1.807, 2.05) is 19.2 Å². The van der Waals surface area contributed by atoms with Crippen molar-refractivity contribution < 1.29 is 9.53 Å². The maximum Gasteiger partial charge on any atom is 0.222 e. The molecule has 2 fully saturated rings. The van der Waals surface area contributed by atoms with Crippen molar-refractivity contribution in [2.75, 3.05) is 19.7 Å². The number of hydrogen-bond donors (Lipinski definition) is 1. The lowest BCUT2D eigenvalue weighted by Crippen LogP contribution is -2.48. The SMILES string of the molecule is CCC(=O)N1CCc2cccc3c2C1CCC3NCC[C@@]1(c2ccccn2)CCOC2(CCCC2)C1. The van der Waals surface area contributed by atoms with E-state index < -0.39 is 0 Å². The molecule has 6 rings (SSSR count). The summed E-state index contributed by atoms with van der Waals surface area (Å²) >= 11 is 0. The van der Waals surface area contributed by atoms with Gasteiger partial charge >= 0.3 is 0 Å². The number of benzene rings is 1. The fraction of sp³-hybridized carbons (Fsp3) is 0.613. The van der Waals surface area contributed by atoms with Crippen LogP contribution in [-0.2, 0) is 21.4 Å². The van der Waals surface area contributed by atoms with Crippen molar-refractivity contribution in [3.8, 4) is 0 Å². The third-order valence-electron chi connectivity index (χ3n) is 9.66. The number of pyridine rings is 1. The van der Waals surface area contributed by atoms with Gasteiger partial charge in [-0.15, -0.1) is 0 Å². The summed E-state index contributed by atoms with van der Waals surface area (Å²) in [5, 5.41) is 3.98. The van der Waals surface area contributed by atoms with Gasteiger partial charge in [-0.3, -0.25) is 9.78 Å². The molecule has 5 nitrogen and oxygen atoms in total. The lowest BCUT2D eigenvalue weighted by molar-refractivity contribution is -0.134. The molecule has 1 saturated heterocycles. The molecule has 2 aromatic rings. The topological polar surface area (TPSA) is 54.5 Å². The summed E-state index contributed by atoms with van der Waals surface area (Å²) in [6, 6.07) is 13.8. The minimum absolute atomic E-state index is 0.0572. The third-order valence-corrected chi connectivity index (χ3v) is 9.66. The summed E-state index contributed by atoms with van der Waals surface area (Å²) in [6.45, 7) is 4.67. The second-order valence-electron chi connectivity index (χ2n) is 11.6. The van der Waals surface area contributed by atoms with Gasteiger partial charge in [0.15, 0.2) is 0 Å². The van der Waals surface area contributed by atoms with E-state index in [-0.39, 0.29) is 17.1 Å². The number of ether oxygens (including phenoxy) is 1. The Morgan fingerprint density at radius 2 is 2.03 bits per heavy atom. The molecule has 192 valence electrons. The highest BCUT2D eigenvalue weighted by molar-refractivity contribution is 5.77. The normalized spacial score (nSPS) is 28.8. The number of aromatic nitrogens is 1. The number of amides is 1. The van der Waals surface area contributed by atoms with Gasteiger partial charge in [-0.2, -0.15) is 0 Å². The summed E-state index contributed by atoms with van der Waals surface area (Å²) in [4.78, 5) is 19.7. The monoisotopic (exact) mass is 487 g/mol. The van der Waals surface area contributed by atoms with Gasteiger partial charge < -0.3 is 15.0 Å². The van der Waals surface area contributed by atoms with Crippen molar-refractivity contribution in [1.82, 2.24) is 15.2 Å². The summed E-state index contributed by atoms with van der Waals surface area (Å²) in [6.07, 6.45) is 13.9. The first-order valence-corrected chi connectivity index (χ1v) is 14.3. The Hall–Kier alpha value is -2.24. The Morgan fingerprint density at radius 1 is 1.14 bits per heavy atom. The second kappa shape index (κ2) is 9.90. The fourth-order valence-electron chi connectivity index (χ4n) is 7.89. The van der Waals surface area contributed by atoms with Crippen LogP contribution in [0.2, 0.25) is 0 Å². The Morgan fingerprint density at radius 3 is 2.83 bits per heavy atom. The molecule has 4 aliphatic rings. The highest BCUT2D eigenvalue weighted by Crippen LogP contribution is 2.50. The highest BCUT2D eigenvalue weighted by atomic mass is 16.5. The van der Waals surface area contributed by atoms with Crippen LogP contribution in [0.3, 0.4) is 0 Å². The summed E-state index contributed by atoms with van der Waals surface area (Å²) in [7, 11) is 0. The Balaban J connectivity index is 1.21. The molecule has 1 saturated carbocycles. The molecule has 36 heavy (non-hydrogen) atoms. The Kier molecular flexibility index (Phi) is 6.64. The van der Waals surface area contributed by atoms with E-state index in [1.54, 1.807) is 0 Å². The molecule has 0 bridgehead atoms. The average Bonchev–Trinajstić information content (AvgIpc) is 3.37. The molecule has 2 aliphatic heterocycles. The number of carbonyl (C=O) groups is 1. The van der Waals surface area contributed by atoms with Crippen LogP contribution in [0.15, 0.2) is 42.6 Å². The largest absolute Gasteiger partial charge is 0.375 e. The van der Waals surface area contributed by atoms with Gasteiger partial charge in [0.25, 0.3) is 0 Å². The minimum atomic E-state index is 0.0572. The van der Waals surface area contributed by atoms with Crippen molar-refractivity contribution in [1.29, 1.82) is 0 Å². The highest BCUT2D eigenvalue weighted by Gasteiger charge is 2.48. The van der Waals surface area contributed by atoms with Crippen molar-refractivity contribution in [2.45, 2.75) is 101 Å². The first-order valence-electron chi connectivity index (χ1n) is 14.3. The van der Waals surface area contributed by atoms with Crippen molar-refractivity contribution in [3.05, 3.63) is 65.0 Å². The van der Waals surface area contributed by atoms with Crippen LogP contribution >= 0.6 is 0 Å². The maximum atomic E-state index is 12.7. The molecule has 1 spiro atoms. The Bertz CT molecular complexity index is 1080. The standard InChI is InChI=1S/C31H41N3O2/c1-2-28(35)34-20-13-23-8-7-9-24-25(11-12-26(34)29(23)24)32-19-16-30(27-10-3-6-18-33-27)17-21-36-31(22-30)14-4-5-15-31/h3,6-10,18,25-26,32H,2,4-5,11-17,19-22H2,1H3/t25?,26?,30-/m1/s1. The lowest BCUT2D eigenvalue weighted by atomic mass is 9.68. The zero-order valence-electron chi connectivity index (χ0n) is 21.8. The van der Waals surface area contributed by atoms with Crippen molar-refractivity contribution in [3.63, 3.8) is 0 Å². The van der Waals surface area contributed by atoms with Crippen molar-refractivity contribution in [2.24, 2.45) is 0 Å². The van der Waals surface area contributed by atoms with Crippen molar-refractivity contribution >= 4 is 5.91 Å². The van der Waals surface area contributed by atoms with Gasteiger partial charge in [0.1, 0.15) is 0 Å². The minimum Gasteiger partial charge on any atom is -0.375 e. The number of nitrogens with zero attached hydrogens (tertiary/aromatic N) is 2. The summed E-state index contributed by atoms with van der Waals surface area (Å²) < 4.78 is 6.45. The van der Waals surface area contributed by atoms with Gasteiger partial charge in [-0.1, -0.05) is 44.0 Å². The van der Waals surface area contributed by atoms with E-state index in [0.717, 1.165) is 58.2 Å². The maximum absolute atomic E-state index is 12.7. The molecular weight excluding hydrogens is 446 g/mol. The smallest absolute Gasteiger partial charge is 0.222 e. The van der Waals surface area contributed by atoms with E-state index in [4.69, 9.17) is 9.72 Å². The molecule has 1 N–H and O–H groups in total. The number of rotatable bonds is 6. The Labute approximate surface area is 216 Å². The molecular formula is C31H41N3O2. The second-order valence-corrected chi connectivity index (χ2v) is 11.6. The van der Waals surface area contributed by atoms with E-state index in [9.17, 15) is 4.79 Å². The van der Waals surface area contributed by atoms with Crippen LogP contribution in [0.5, 0.6) is 0 Å². The van der Waals surface area contributed by atoms with Crippen LogP contribution in [0.25, 0.3) is 0 Å². The zero-order chi connectivity index (χ0) is 24.6. The predicted molar refractivity (Wildman–Crippen MR) is 142 cm³/mol. The van der Waals surface area contributed by atoms with E-state index in [0.29, 0.717) is 18.4 Å². The number of nitrogens with one attached hydrogen (secondary N) is 1. The molecule has 5 heteroatoms. The van der Waals surface area contributed by atoms with Gasteiger partial charge in [0.05, 0.1) is 11.6 Å². The predicted octanol–water partition coefficient (Wildman–Crippen LogP) is 5.79. The van der Waals surface area contributed by atoms with E-state index >= 15 is 0 Å². The summed E-state index contributed by atoms with van der Waals surface area (Å²) in [5.41, 5.74) is 5.68. The summed E-state index contributed by atoms with van der Waals surface area (Å²) in [5.74, 6) is 0.296. The number of hydrogen-bond acceptors (Lipinski definition) is 4. The third kappa shape index (κ3) is 4.28. The molecule has 2 aliphatic carbocycles. The molecule has 0 radical (unpaired) electrons. The van der Waals surface area contributed by atoms with Crippen LogP contribution in [0, 0.1) is 0 Å². The van der Waals surface area contributed by atoms with Gasteiger partial charge in [0.2, 0.25) is 5.91 Å². The first kappa shape index (κ1) is 24.1. The van der Waals surface area contributed by atoms with Gasteiger partial charge in [-0.05, 0) is 86.7 Å². The van der Waals surface area contributed by atoms with E-state index in [2.05, 4.69) is 40.5 Å². The zero-order valence-corrected chi connectivity index (χ0v) is 21.8. The van der Waals surface area contributed by atoms with Crippen LogP contribution in [0.4, 0.5) is 0 Å². The fourth-order valence-corrected chi connectivity index (χ4v) is 7.89. The molecule has 3 heterocycles. The molecule has 1 amide bonds. The van der Waals surface area contributed by atoms with Crippen LogP contribution in [-0.4, -0.2) is 41.1 Å².